The van der Waals surface area contributed by atoms with Gasteiger partial charge in [0.05, 0.1) is 5.75 Å². The van der Waals surface area contributed by atoms with E-state index in [-0.39, 0.29) is 23.9 Å². The first-order chi connectivity index (χ1) is 6.49. The predicted octanol–water partition coefficient (Wildman–Crippen LogP) is 0.814. The van der Waals surface area contributed by atoms with Crippen molar-refractivity contribution in [3.8, 4) is 0 Å². The topological polar surface area (TPSA) is 77.2 Å². The zero-order valence-electron chi connectivity index (χ0n) is 8.24. The fraction of sp³-hybridized carbons (Fsp3) is 0.889. The van der Waals surface area contributed by atoms with Crippen molar-refractivity contribution >= 4 is 15.8 Å². The lowest BCUT2D eigenvalue weighted by Crippen LogP contribution is -2.23. The Labute approximate surface area is 84.9 Å². The summed E-state index contributed by atoms with van der Waals surface area (Å²) in [6, 6.07) is 0. The van der Waals surface area contributed by atoms with Gasteiger partial charge in [-0.1, -0.05) is 19.3 Å². The third kappa shape index (κ3) is 4.19. The number of sulfonamides is 1. The second-order valence-corrected chi connectivity index (χ2v) is 5.65. The molecule has 14 heavy (non-hydrogen) atoms. The van der Waals surface area contributed by atoms with Crippen LogP contribution in [0.4, 0.5) is 0 Å². The van der Waals surface area contributed by atoms with Gasteiger partial charge in [0.1, 0.15) is 5.78 Å². The zero-order chi connectivity index (χ0) is 10.6. The number of ketones is 1. The monoisotopic (exact) mass is 219 g/mol. The van der Waals surface area contributed by atoms with E-state index in [9.17, 15) is 13.2 Å². The van der Waals surface area contributed by atoms with E-state index >= 15 is 0 Å². The maximum absolute atomic E-state index is 11.5. The van der Waals surface area contributed by atoms with Gasteiger partial charge in [-0.05, 0) is 12.8 Å². The molecule has 0 bridgehead atoms. The number of Topliss-reactive ketones (excluding diaryl/α,β-unsaturated/α-hetero) is 1. The number of hydrogen-bond acceptors (Lipinski definition) is 3. The van der Waals surface area contributed by atoms with Crippen molar-refractivity contribution in [2.75, 3.05) is 5.75 Å². The Morgan fingerprint density at radius 3 is 2.29 bits per heavy atom. The minimum Gasteiger partial charge on any atom is -0.299 e. The van der Waals surface area contributed by atoms with Gasteiger partial charge < -0.3 is 0 Å². The average molecular weight is 219 g/mol. The molecular weight excluding hydrogens is 202 g/mol. The van der Waals surface area contributed by atoms with Gasteiger partial charge in [0.15, 0.2) is 0 Å². The molecule has 0 unspecified atom stereocenters. The maximum atomic E-state index is 11.5. The summed E-state index contributed by atoms with van der Waals surface area (Å²) in [7, 11) is -3.48. The van der Waals surface area contributed by atoms with Crippen LogP contribution in [0.1, 0.15) is 38.5 Å². The number of carbonyl (C=O) groups excluding carboxylic acids is 1. The van der Waals surface area contributed by atoms with E-state index in [1.807, 2.05) is 0 Å². The highest BCUT2D eigenvalue weighted by molar-refractivity contribution is 7.89. The minimum absolute atomic E-state index is 0.0683. The molecule has 0 saturated heterocycles. The average Bonchev–Trinajstić information content (AvgIpc) is 2.14. The van der Waals surface area contributed by atoms with Crippen LogP contribution in [0.15, 0.2) is 0 Å². The van der Waals surface area contributed by atoms with Gasteiger partial charge in [-0.2, -0.15) is 0 Å². The molecule has 2 N–H and O–H groups in total. The quantitative estimate of drug-likeness (QED) is 0.760. The summed E-state index contributed by atoms with van der Waals surface area (Å²) < 4.78 is 21.3. The molecule has 0 aromatic carbocycles. The molecule has 0 atom stereocenters. The molecule has 1 saturated carbocycles. The number of rotatable bonds is 4. The van der Waals surface area contributed by atoms with Crippen molar-refractivity contribution in [2.45, 2.75) is 38.5 Å². The molecule has 1 fully saturated rings. The molecule has 1 aliphatic rings. The Morgan fingerprint density at radius 1 is 1.21 bits per heavy atom. The summed E-state index contributed by atoms with van der Waals surface area (Å²) in [5, 5.41) is 4.83. The van der Waals surface area contributed by atoms with Gasteiger partial charge in [-0.25, -0.2) is 13.6 Å². The molecule has 1 rings (SSSR count). The summed E-state index contributed by atoms with van der Waals surface area (Å²) in [5.41, 5.74) is 0. The second-order valence-electron chi connectivity index (χ2n) is 3.92. The highest BCUT2D eigenvalue weighted by Crippen LogP contribution is 2.25. The van der Waals surface area contributed by atoms with Crippen molar-refractivity contribution in [3.63, 3.8) is 0 Å². The number of primary sulfonamides is 1. The first-order valence-corrected chi connectivity index (χ1v) is 6.74. The van der Waals surface area contributed by atoms with Crippen LogP contribution in [0.25, 0.3) is 0 Å². The molecule has 82 valence electrons. The predicted molar refractivity (Wildman–Crippen MR) is 54.2 cm³/mol. The van der Waals surface area contributed by atoms with Crippen LogP contribution >= 0.6 is 0 Å². The highest BCUT2D eigenvalue weighted by atomic mass is 32.2. The Morgan fingerprint density at radius 2 is 1.79 bits per heavy atom. The first-order valence-electron chi connectivity index (χ1n) is 5.02. The summed E-state index contributed by atoms with van der Waals surface area (Å²) in [5.74, 6) is -0.0493. The molecule has 5 heteroatoms. The summed E-state index contributed by atoms with van der Waals surface area (Å²) in [6.07, 6.45) is 5.30. The lowest BCUT2D eigenvalue weighted by molar-refractivity contribution is -0.123. The van der Waals surface area contributed by atoms with E-state index in [2.05, 4.69) is 0 Å². The molecule has 0 heterocycles. The molecule has 0 aromatic rings. The molecule has 0 spiro atoms. The molecule has 1 aliphatic carbocycles. The van der Waals surface area contributed by atoms with Crippen LogP contribution in [-0.2, 0) is 14.8 Å². The molecule has 0 radical (unpaired) electrons. The van der Waals surface area contributed by atoms with Crippen LogP contribution in [0.2, 0.25) is 0 Å². The van der Waals surface area contributed by atoms with E-state index in [0.29, 0.717) is 0 Å². The summed E-state index contributed by atoms with van der Waals surface area (Å²) in [4.78, 5) is 11.5. The van der Waals surface area contributed by atoms with Crippen molar-refractivity contribution in [2.24, 2.45) is 11.1 Å². The van der Waals surface area contributed by atoms with Crippen LogP contribution < -0.4 is 5.14 Å². The van der Waals surface area contributed by atoms with E-state index in [1.165, 1.54) is 6.42 Å². The Kier molecular flexibility index (Phi) is 4.07. The van der Waals surface area contributed by atoms with Gasteiger partial charge in [-0.3, -0.25) is 4.79 Å². The Balaban J connectivity index is 2.34. The van der Waals surface area contributed by atoms with E-state index in [1.54, 1.807) is 0 Å². The lowest BCUT2D eigenvalue weighted by atomic mass is 9.85. The van der Waals surface area contributed by atoms with Crippen LogP contribution in [-0.4, -0.2) is 20.0 Å². The van der Waals surface area contributed by atoms with Crippen LogP contribution in [0, 0.1) is 5.92 Å². The minimum atomic E-state index is -3.48. The third-order valence-corrected chi connectivity index (χ3v) is 3.47. The van der Waals surface area contributed by atoms with Crippen molar-refractivity contribution in [1.29, 1.82) is 0 Å². The number of hydrogen-bond donors (Lipinski definition) is 1. The molecule has 0 aliphatic heterocycles. The summed E-state index contributed by atoms with van der Waals surface area (Å²) in [6.45, 7) is 0. The number of carbonyl (C=O) groups is 1. The summed E-state index contributed by atoms with van der Waals surface area (Å²) >= 11 is 0. The lowest BCUT2D eigenvalue weighted by Gasteiger charge is -2.19. The zero-order valence-corrected chi connectivity index (χ0v) is 9.05. The van der Waals surface area contributed by atoms with Gasteiger partial charge in [-0.15, -0.1) is 0 Å². The van der Waals surface area contributed by atoms with Gasteiger partial charge in [0.2, 0.25) is 10.0 Å². The van der Waals surface area contributed by atoms with E-state index < -0.39 is 10.0 Å². The van der Waals surface area contributed by atoms with Gasteiger partial charge in [0, 0.05) is 12.3 Å². The van der Waals surface area contributed by atoms with E-state index in [4.69, 9.17) is 5.14 Å². The molecular formula is C9H17NO3S. The largest absolute Gasteiger partial charge is 0.299 e. The SMILES string of the molecule is NS(=O)(=O)CCC(=O)C1CCCCC1. The van der Waals surface area contributed by atoms with Crippen molar-refractivity contribution in [3.05, 3.63) is 0 Å². The van der Waals surface area contributed by atoms with Gasteiger partial charge >= 0.3 is 0 Å². The van der Waals surface area contributed by atoms with Crippen molar-refractivity contribution in [1.82, 2.24) is 0 Å². The normalized spacial score (nSPS) is 19.5. The fourth-order valence-electron chi connectivity index (χ4n) is 1.87. The Bertz CT molecular complexity index is 291. The molecule has 0 aromatic heterocycles. The van der Waals surface area contributed by atoms with E-state index in [0.717, 1.165) is 25.7 Å². The third-order valence-electron chi connectivity index (χ3n) is 2.69. The molecule has 0 amide bonds. The Hall–Kier alpha value is -0.420. The fourth-order valence-corrected chi connectivity index (χ4v) is 2.36. The second kappa shape index (κ2) is 4.89. The highest BCUT2D eigenvalue weighted by Gasteiger charge is 2.21. The molecule has 4 nitrogen and oxygen atoms in total. The van der Waals surface area contributed by atoms with Crippen LogP contribution in [0.3, 0.4) is 0 Å². The van der Waals surface area contributed by atoms with Gasteiger partial charge in [0.25, 0.3) is 0 Å². The smallest absolute Gasteiger partial charge is 0.209 e. The standard InChI is InChI=1S/C9H17NO3S/c10-14(12,13)7-6-9(11)8-4-2-1-3-5-8/h8H,1-7H2,(H2,10,12,13). The van der Waals surface area contributed by atoms with Crippen molar-refractivity contribution < 1.29 is 13.2 Å². The first kappa shape index (κ1) is 11.7. The number of nitrogens with two attached hydrogens (primary N) is 1. The maximum Gasteiger partial charge on any atom is 0.209 e. The van der Waals surface area contributed by atoms with Crippen LogP contribution in [0.5, 0.6) is 0 Å².